The molecule has 0 radical (unpaired) electrons. The van der Waals surface area contributed by atoms with Gasteiger partial charge in [0.05, 0.1) is 11.2 Å². The summed E-state index contributed by atoms with van der Waals surface area (Å²) in [6.45, 7) is 4.12. The van der Waals surface area contributed by atoms with Crippen LogP contribution in [0.1, 0.15) is 40.0 Å². The summed E-state index contributed by atoms with van der Waals surface area (Å²) in [6, 6.07) is 8.23. The zero-order chi connectivity index (χ0) is 19.2. The molecule has 0 aliphatic carbocycles. The molecule has 9 heteroatoms. The van der Waals surface area contributed by atoms with Gasteiger partial charge in [-0.15, -0.1) is 10.2 Å². The molecular weight excluding hydrogens is 402 g/mol. The number of nitrogens with one attached hydrogen (secondary N) is 1. The maximum atomic E-state index is 12.5. The van der Waals surface area contributed by atoms with E-state index < -0.39 is 5.91 Å². The molecule has 1 amide bonds. The number of thioether (sulfide) groups is 1. The lowest BCUT2D eigenvalue weighted by Crippen LogP contribution is -2.15. The first-order chi connectivity index (χ1) is 13.0. The van der Waals surface area contributed by atoms with Crippen LogP contribution in [0.4, 0.5) is 5.13 Å². The van der Waals surface area contributed by atoms with E-state index in [0.29, 0.717) is 16.0 Å². The molecule has 0 atom stereocenters. The molecule has 0 saturated carbocycles. The Hall–Kier alpha value is -2.03. The Balaban J connectivity index is 1.69. The summed E-state index contributed by atoms with van der Waals surface area (Å²) < 4.78 is 0. The average molecular weight is 420 g/mol. The molecule has 3 aromatic rings. The van der Waals surface area contributed by atoms with Crippen LogP contribution in [0.25, 0.3) is 0 Å². The Morgan fingerprint density at radius 1 is 1.33 bits per heavy atom. The van der Waals surface area contributed by atoms with Gasteiger partial charge < -0.3 is 0 Å². The summed E-state index contributed by atoms with van der Waals surface area (Å²) in [5, 5.41) is 12.8. The van der Waals surface area contributed by atoms with Crippen LogP contribution in [0.2, 0.25) is 5.02 Å². The molecule has 6 nitrogen and oxygen atoms in total. The highest BCUT2D eigenvalue weighted by molar-refractivity contribution is 7.98. The minimum absolute atomic E-state index is 0.130. The van der Waals surface area contributed by atoms with Crippen LogP contribution < -0.4 is 5.32 Å². The summed E-state index contributed by atoms with van der Waals surface area (Å²) in [6.07, 6.45) is 3.26. The molecule has 2 aromatic heterocycles. The van der Waals surface area contributed by atoms with Gasteiger partial charge >= 0.3 is 0 Å². The minimum atomic E-state index is -0.418. The van der Waals surface area contributed by atoms with E-state index in [0.717, 1.165) is 17.8 Å². The molecule has 0 saturated heterocycles. The fraction of sp³-hybridized carbons (Fsp3) is 0.278. The van der Waals surface area contributed by atoms with E-state index in [9.17, 15) is 4.79 Å². The quantitative estimate of drug-likeness (QED) is 0.438. The van der Waals surface area contributed by atoms with Crippen LogP contribution in [0.5, 0.6) is 0 Å². The molecule has 0 unspecified atom stereocenters. The van der Waals surface area contributed by atoms with Crippen molar-refractivity contribution < 1.29 is 4.79 Å². The second-order valence-corrected chi connectivity index (χ2v) is 8.24. The van der Waals surface area contributed by atoms with Crippen molar-refractivity contribution in [1.82, 2.24) is 20.2 Å². The number of nitrogens with zero attached hydrogens (tertiary/aromatic N) is 4. The van der Waals surface area contributed by atoms with Crippen LogP contribution in [-0.4, -0.2) is 26.1 Å². The van der Waals surface area contributed by atoms with Gasteiger partial charge in [-0.05, 0) is 18.9 Å². The monoisotopic (exact) mass is 419 g/mol. The number of anilines is 1. The Labute approximate surface area is 170 Å². The number of benzene rings is 1. The Kier molecular flexibility index (Phi) is 6.76. The maximum absolute atomic E-state index is 12.5. The summed E-state index contributed by atoms with van der Waals surface area (Å²) in [5.41, 5.74) is 2.50. The highest BCUT2D eigenvalue weighted by Crippen LogP contribution is 2.24. The second kappa shape index (κ2) is 9.25. The molecule has 1 aromatic carbocycles. The zero-order valence-corrected chi connectivity index (χ0v) is 17.3. The van der Waals surface area contributed by atoms with Crippen molar-refractivity contribution in [3.63, 3.8) is 0 Å². The van der Waals surface area contributed by atoms with Gasteiger partial charge in [0.1, 0.15) is 5.01 Å². The lowest BCUT2D eigenvalue weighted by molar-refractivity contribution is 0.102. The van der Waals surface area contributed by atoms with E-state index >= 15 is 0 Å². The van der Waals surface area contributed by atoms with Crippen LogP contribution in [-0.2, 0) is 12.2 Å². The summed E-state index contributed by atoms with van der Waals surface area (Å²) in [4.78, 5) is 21.0. The van der Waals surface area contributed by atoms with Gasteiger partial charge in [-0.1, -0.05) is 71.5 Å². The van der Waals surface area contributed by atoms with Crippen molar-refractivity contribution in [2.45, 2.75) is 37.6 Å². The first-order valence-electron chi connectivity index (χ1n) is 8.39. The first-order valence-corrected chi connectivity index (χ1v) is 10.6. The number of aromatic nitrogens is 4. The van der Waals surface area contributed by atoms with Crippen LogP contribution in [0, 0.1) is 6.92 Å². The third-order valence-electron chi connectivity index (χ3n) is 3.54. The minimum Gasteiger partial charge on any atom is -0.295 e. The van der Waals surface area contributed by atoms with Crippen LogP contribution >= 0.6 is 34.7 Å². The van der Waals surface area contributed by atoms with E-state index in [1.165, 1.54) is 40.4 Å². The first kappa shape index (κ1) is 19.7. The van der Waals surface area contributed by atoms with Crippen molar-refractivity contribution >= 4 is 45.7 Å². The van der Waals surface area contributed by atoms with Gasteiger partial charge in [-0.3, -0.25) is 10.1 Å². The molecule has 2 heterocycles. The van der Waals surface area contributed by atoms with Gasteiger partial charge in [-0.25, -0.2) is 9.97 Å². The molecule has 0 aliphatic heterocycles. The molecule has 1 N–H and O–H groups in total. The van der Waals surface area contributed by atoms with Crippen molar-refractivity contribution in [3.8, 4) is 0 Å². The normalized spacial score (nSPS) is 10.8. The molecule has 140 valence electrons. The smallest absolute Gasteiger partial charge is 0.277 e. The van der Waals surface area contributed by atoms with Crippen molar-refractivity contribution in [1.29, 1.82) is 0 Å². The fourth-order valence-corrected chi connectivity index (χ4v) is 4.08. The molecular formula is C18H18ClN5OS2. The summed E-state index contributed by atoms with van der Waals surface area (Å²) >= 11 is 8.93. The molecule has 27 heavy (non-hydrogen) atoms. The Morgan fingerprint density at radius 2 is 2.19 bits per heavy atom. The molecule has 0 aliphatic rings. The fourth-order valence-electron chi connectivity index (χ4n) is 2.30. The lowest BCUT2D eigenvalue weighted by atomic mass is 10.2. The number of hydrogen-bond acceptors (Lipinski definition) is 7. The van der Waals surface area contributed by atoms with E-state index in [1.807, 2.05) is 12.1 Å². The van der Waals surface area contributed by atoms with Crippen molar-refractivity contribution in [2.24, 2.45) is 0 Å². The maximum Gasteiger partial charge on any atom is 0.277 e. The standard InChI is InChI=1S/C18H18ClN5OS2/c1-3-5-14-23-24-18(27-14)22-16(25)15-13(19)9-20-17(21-15)26-10-12-7-4-6-11(2)8-12/h4,6-9H,3,5,10H2,1-2H3,(H,22,24,25). The van der Waals surface area contributed by atoms with Gasteiger partial charge in [0.2, 0.25) is 5.13 Å². The molecule has 3 rings (SSSR count). The molecule has 0 spiro atoms. The average Bonchev–Trinajstić information content (AvgIpc) is 3.08. The van der Waals surface area contributed by atoms with Gasteiger partial charge in [0.25, 0.3) is 5.91 Å². The number of carbonyl (C=O) groups excluding carboxylic acids is 1. The topological polar surface area (TPSA) is 80.7 Å². The van der Waals surface area contributed by atoms with Crippen LogP contribution in [0.3, 0.4) is 0 Å². The third kappa shape index (κ3) is 5.47. The van der Waals surface area contributed by atoms with E-state index in [1.54, 1.807) is 0 Å². The Bertz CT molecular complexity index is 947. The SMILES string of the molecule is CCCc1nnc(NC(=O)c2nc(SCc3cccc(C)c3)ncc2Cl)s1. The number of rotatable bonds is 7. The van der Waals surface area contributed by atoms with Crippen molar-refractivity contribution in [2.75, 3.05) is 5.32 Å². The molecule has 0 fully saturated rings. The summed E-state index contributed by atoms with van der Waals surface area (Å²) in [5.74, 6) is 0.292. The number of amides is 1. The van der Waals surface area contributed by atoms with Crippen LogP contribution in [0.15, 0.2) is 35.6 Å². The predicted molar refractivity (Wildman–Crippen MR) is 110 cm³/mol. The molecule has 0 bridgehead atoms. The van der Waals surface area contributed by atoms with Gasteiger partial charge in [0, 0.05) is 12.2 Å². The predicted octanol–water partition coefficient (Wildman–Crippen LogP) is 4.79. The van der Waals surface area contributed by atoms with E-state index in [-0.39, 0.29) is 10.7 Å². The number of halogens is 1. The number of hydrogen-bond donors (Lipinski definition) is 1. The van der Waals surface area contributed by atoms with Crippen molar-refractivity contribution in [3.05, 3.63) is 57.3 Å². The second-order valence-electron chi connectivity index (χ2n) is 5.83. The Morgan fingerprint density at radius 3 is 2.96 bits per heavy atom. The highest BCUT2D eigenvalue weighted by Gasteiger charge is 2.17. The van der Waals surface area contributed by atoms with Gasteiger partial charge in [-0.2, -0.15) is 0 Å². The highest BCUT2D eigenvalue weighted by atomic mass is 35.5. The third-order valence-corrected chi connectivity index (χ3v) is 5.65. The van der Waals surface area contributed by atoms with Gasteiger partial charge in [0.15, 0.2) is 10.9 Å². The largest absolute Gasteiger partial charge is 0.295 e. The number of aryl methyl sites for hydroxylation is 2. The number of carbonyl (C=O) groups is 1. The summed E-state index contributed by atoms with van der Waals surface area (Å²) in [7, 11) is 0. The lowest BCUT2D eigenvalue weighted by Gasteiger charge is -2.06. The van der Waals surface area contributed by atoms with E-state index in [2.05, 4.69) is 51.5 Å². The zero-order valence-electron chi connectivity index (χ0n) is 14.9. The van der Waals surface area contributed by atoms with E-state index in [4.69, 9.17) is 11.6 Å².